The van der Waals surface area contributed by atoms with Crippen molar-refractivity contribution in [3.63, 3.8) is 0 Å². The molecule has 0 aliphatic heterocycles. The molecular weight excluding hydrogens is 416 g/mol. The number of aryl methyl sites for hydroxylation is 2. The van der Waals surface area contributed by atoms with Crippen molar-refractivity contribution < 1.29 is 10.2 Å². The molecule has 3 fully saturated rings. The van der Waals surface area contributed by atoms with Gasteiger partial charge in [-0.3, -0.25) is 0 Å². The first-order valence-electron chi connectivity index (χ1n) is 13.7. The Morgan fingerprint density at radius 3 is 2.26 bits per heavy atom. The minimum absolute atomic E-state index is 0.207. The lowest BCUT2D eigenvalue weighted by Crippen LogP contribution is -2.26. The van der Waals surface area contributed by atoms with E-state index in [0.717, 1.165) is 47.1 Å². The van der Waals surface area contributed by atoms with Crippen LogP contribution in [0.25, 0.3) is 0 Å². The number of aromatic hydroxyl groups is 2. The minimum Gasteiger partial charge on any atom is -0.508 e. The molecule has 2 aromatic rings. The summed E-state index contributed by atoms with van der Waals surface area (Å²) in [4.78, 5) is 0. The molecule has 6 unspecified atom stereocenters. The maximum Gasteiger partial charge on any atom is 0.121 e. The van der Waals surface area contributed by atoms with Crippen molar-refractivity contribution in [1.82, 2.24) is 0 Å². The highest BCUT2D eigenvalue weighted by Gasteiger charge is 2.56. The van der Waals surface area contributed by atoms with E-state index in [1.165, 1.54) is 36.8 Å². The number of rotatable bonds is 3. The van der Waals surface area contributed by atoms with Gasteiger partial charge in [-0.25, -0.2) is 0 Å². The summed E-state index contributed by atoms with van der Waals surface area (Å²) >= 11 is 0. The molecule has 2 N–H and O–H groups in total. The Hall–Kier alpha value is -1.96. The van der Waals surface area contributed by atoms with E-state index in [-0.39, 0.29) is 5.41 Å². The van der Waals surface area contributed by atoms with E-state index < -0.39 is 0 Å². The quantitative estimate of drug-likeness (QED) is 0.476. The normalized spacial score (nSPS) is 29.1. The van der Waals surface area contributed by atoms with Crippen LogP contribution in [-0.4, -0.2) is 10.2 Å². The van der Waals surface area contributed by atoms with Crippen molar-refractivity contribution in [1.29, 1.82) is 0 Å². The largest absolute Gasteiger partial charge is 0.508 e. The maximum absolute atomic E-state index is 10.4. The van der Waals surface area contributed by atoms with Gasteiger partial charge in [-0.15, -0.1) is 0 Å². The fourth-order valence-corrected chi connectivity index (χ4v) is 7.06. The molecular formula is C32H48O2. The Kier molecular flexibility index (Phi) is 8.43. The van der Waals surface area contributed by atoms with E-state index in [0.29, 0.717) is 17.4 Å². The van der Waals surface area contributed by atoms with Gasteiger partial charge in [0.1, 0.15) is 11.5 Å². The van der Waals surface area contributed by atoms with Gasteiger partial charge in [0.2, 0.25) is 0 Å². The zero-order valence-corrected chi connectivity index (χ0v) is 22.9. The molecule has 188 valence electrons. The maximum atomic E-state index is 10.4. The number of phenolic OH excluding ortho intramolecular Hbond substituents is 2. The van der Waals surface area contributed by atoms with Gasteiger partial charge in [0.25, 0.3) is 0 Å². The van der Waals surface area contributed by atoms with Crippen molar-refractivity contribution in [2.24, 2.45) is 29.6 Å². The molecule has 2 bridgehead atoms. The molecule has 0 saturated heterocycles. The Labute approximate surface area is 208 Å². The summed E-state index contributed by atoms with van der Waals surface area (Å²) in [6.45, 7) is 17.0. The van der Waals surface area contributed by atoms with Crippen molar-refractivity contribution >= 4 is 0 Å². The highest BCUT2D eigenvalue weighted by molar-refractivity contribution is 5.43. The summed E-state index contributed by atoms with van der Waals surface area (Å²) in [5.41, 5.74) is 4.74. The second kappa shape index (κ2) is 10.8. The van der Waals surface area contributed by atoms with E-state index in [1.807, 2.05) is 39.8 Å². The van der Waals surface area contributed by atoms with Gasteiger partial charge in [0, 0.05) is 0 Å². The lowest BCUT2D eigenvalue weighted by atomic mass is 9.71. The molecule has 0 aromatic heterocycles. The predicted molar refractivity (Wildman–Crippen MR) is 145 cm³/mol. The number of hydrogen-bond donors (Lipinski definition) is 2. The summed E-state index contributed by atoms with van der Waals surface area (Å²) in [5, 5.41) is 19.8. The van der Waals surface area contributed by atoms with E-state index in [9.17, 15) is 10.2 Å². The Balaban J connectivity index is 0.000000191. The predicted octanol–water partition coefficient (Wildman–Crippen LogP) is 8.90. The van der Waals surface area contributed by atoms with Gasteiger partial charge in [-0.05, 0) is 115 Å². The van der Waals surface area contributed by atoms with Gasteiger partial charge < -0.3 is 10.2 Å². The zero-order valence-electron chi connectivity index (χ0n) is 22.9. The Bertz CT molecular complexity index is 959. The molecule has 0 heterocycles. The number of para-hydroxylation sites is 1. The van der Waals surface area contributed by atoms with Crippen molar-refractivity contribution in [3.05, 3.63) is 58.7 Å². The second-order valence-electron chi connectivity index (χ2n) is 11.5. The SMILES string of the molecule is CC.CCC(C)(C)c1ccc(O)c(C)c1.Cc1cccc(C2CCC3C4CC(C)C(C4)C23)c1O. The topological polar surface area (TPSA) is 40.5 Å². The summed E-state index contributed by atoms with van der Waals surface area (Å²) in [5.74, 6) is 6.26. The van der Waals surface area contributed by atoms with Gasteiger partial charge in [0.15, 0.2) is 0 Å². The second-order valence-corrected chi connectivity index (χ2v) is 11.5. The van der Waals surface area contributed by atoms with Crippen LogP contribution >= 0.6 is 0 Å². The van der Waals surface area contributed by atoms with Crippen molar-refractivity contribution in [2.75, 3.05) is 0 Å². The van der Waals surface area contributed by atoms with E-state index in [1.54, 1.807) is 6.07 Å². The minimum atomic E-state index is 0.207. The standard InChI is InChI=1S/C18H24O.C12H18O.C2H6/c1-10-4-3-5-15(18(10)19)14-7-6-13-12-8-11(2)16(9-12)17(13)14;1-5-12(3,4)10-6-7-11(13)9(2)8-10;1-2/h3-5,11-14,16-17,19H,6-9H2,1-2H3;6-8,13H,5H2,1-4H3;1-2H3. The van der Waals surface area contributed by atoms with Gasteiger partial charge in [0.05, 0.1) is 0 Å². The summed E-state index contributed by atoms with van der Waals surface area (Å²) in [7, 11) is 0. The molecule has 5 rings (SSSR count). The summed E-state index contributed by atoms with van der Waals surface area (Å²) < 4.78 is 0. The molecule has 2 heteroatoms. The molecule has 3 aliphatic rings. The van der Waals surface area contributed by atoms with Crippen LogP contribution in [0.3, 0.4) is 0 Å². The average Bonchev–Trinajstić information content (AvgIpc) is 3.51. The van der Waals surface area contributed by atoms with Crippen LogP contribution in [0.5, 0.6) is 11.5 Å². The van der Waals surface area contributed by atoms with Crippen molar-refractivity contribution in [2.45, 2.75) is 98.8 Å². The Morgan fingerprint density at radius 1 is 0.912 bits per heavy atom. The summed E-state index contributed by atoms with van der Waals surface area (Å²) in [6, 6.07) is 12.2. The van der Waals surface area contributed by atoms with Gasteiger partial charge in [-0.2, -0.15) is 0 Å². The molecule has 34 heavy (non-hydrogen) atoms. The van der Waals surface area contributed by atoms with Crippen LogP contribution in [0.2, 0.25) is 0 Å². The van der Waals surface area contributed by atoms with Crippen LogP contribution in [0.1, 0.15) is 102 Å². The molecule has 2 nitrogen and oxygen atoms in total. The van der Waals surface area contributed by atoms with Crippen LogP contribution in [0, 0.1) is 43.4 Å². The molecule has 0 amide bonds. The van der Waals surface area contributed by atoms with E-state index >= 15 is 0 Å². The van der Waals surface area contributed by atoms with Crippen LogP contribution < -0.4 is 0 Å². The third kappa shape index (κ3) is 5.02. The zero-order chi connectivity index (χ0) is 25.2. The molecule has 0 spiro atoms. The highest BCUT2D eigenvalue weighted by Crippen LogP contribution is 2.65. The van der Waals surface area contributed by atoms with Gasteiger partial charge >= 0.3 is 0 Å². The summed E-state index contributed by atoms with van der Waals surface area (Å²) in [6.07, 6.45) is 6.75. The van der Waals surface area contributed by atoms with Crippen LogP contribution in [0.4, 0.5) is 0 Å². The average molecular weight is 465 g/mol. The van der Waals surface area contributed by atoms with Crippen molar-refractivity contribution in [3.8, 4) is 11.5 Å². The lowest BCUT2D eigenvalue weighted by molar-refractivity contribution is 0.186. The lowest BCUT2D eigenvalue weighted by Gasteiger charge is -2.33. The fourth-order valence-electron chi connectivity index (χ4n) is 7.06. The molecule has 3 aliphatic carbocycles. The fraction of sp³-hybridized carbons (Fsp3) is 0.625. The third-order valence-corrected chi connectivity index (χ3v) is 9.38. The first kappa shape index (κ1) is 26.6. The van der Waals surface area contributed by atoms with E-state index in [2.05, 4.69) is 45.9 Å². The molecule has 6 atom stereocenters. The Morgan fingerprint density at radius 2 is 1.62 bits per heavy atom. The number of benzene rings is 2. The first-order valence-corrected chi connectivity index (χ1v) is 13.7. The number of phenols is 2. The molecule has 0 radical (unpaired) electrons. The third-order valence-electron chi connectivity index (χ3n) is 9.38. The molecule has 2 aromatic carbocycles. The smallest absolute Gasteiger partial charge is 0.121 e. The van der Waals surface area contributed by atoms with Gasteiger partial charge in [-0.1, -0.05) is 71.9 Å². The first-order chi connectivity index (χ1) is 16.1. The number of hydrogen-bond acceptors (Lipinski definition) is 2. The molecule has 3 saturated carbocycles. The highest BCUT2D eigenvalue weighted by atomic mass is 16.3. The van der Waals surface area contributed by atoms with Crippen LogP contribution in [-0.2, 0) is 5.41 Å². The number of fused-ring (bicyclic) bond motifs is 5. The van der Waals surface area contributed by atoms with Crippen LogP contribution in [0.15, 0.2) is 36.4 Å². The van der Waals surface area contributed by atoms with E-state index in [4.69, 9.17) is 0 Å². The monoisotopic (exact) mass is 464 g/mol.